The van der Waals surface area contributed by atoms with Gasteiger partial charge in [0.05, 0.1) is 5.69 Å². The monoisotopic (exact) mass is 243 g/mol. The Morgan fingerprint density at radius 1 is 1.28 bits per heavy atom. The van der Waals surface area contributed by atoms with Crippen LogP contribution < -0.4 is 5.32 Å². The van der Waals surface area contributed by atoms with Gasteiger partial charge in [0, 0.05) is 18.7 Å². The van der Waals surface area contributed by atoms with Crippen LogP contribution in [0, 0.1) is 0 Å². The molecule has 1 amide bonds. The van der Waals surface area contributed by atoms with Gasteiger partial charge in [0.25, 0.3) is 5.91 Å². The molecule has 2 aromatic rings. The van der Waals surface area contributed by atoms with E-state index in [1.165, 1.54) is 0 Å². The number of hydrogen-bond donors (Lipinski definition) is 2. The Labute approximate surface area is 104 Å². The number of nitrogens with one attached hydrogen (secondary N) is 1. The van der Waals surface area contributed by atoms with E-state index in [-0.39, 0.29) is 11.7 Å². The summed E-state index contributed by atoms with van der Waals surface area (Å²) in [5, 5.41) is 16.5. The van der Waals surface area contributed by atoms with Crippen LogP contribution in [0.3, 0.4) is 0 Å². The second-order valence-corrected chi connectivity index (χ2v) is 4.29. The summed E-state index contributed by atoms with van der Waals surface area (Å²) in [6.07, 6.45) is 0.884. The van der Waals surface area contributed by atoms with Crippen molar-refractivity contribution in [2.45, 2.75) is 13.0 Å². The summed E-state index contributed by atoms with van der Waals surface area (Å²) in [5.74, 6) is 0.141. The molecule has 0 bridgehead atoms. The maximum atomic E-state index is 11.8. The summed E-state index contributed by atoms with van der Waals surface area (Å²) in [6, 6.07) is 8.58. The minimum atomic E-state index is -0.0787. The number of amides is 1. The molecule has 5 heteroatoms. The number of benzene rings is 1. The normalized spacial score (nSPS) is 14.8. The van der Waals surface area contributed by atoms with Gasteiger partial charge in [-0.15, -0.1) is 0 Å². The van der Waals surface area contributed by atoms with Crippen LogP contribution in [0.5, 0.6) is 5.75 Å². The van der Waals surface area contributed by atoms with Gasteiger partial charge in [0.2, 0.25) is 0 Å². The molecular formula is C13H13N3O2. The third-order valence-electron chi connectivity index (χ3n) is 3.01. The average molecular weight is 243 g/mol. The van der Waals surface area contributed by atoms with Crippen LogP contribution in [-0.2, 0) is 6.54 Å². The molecule has 0 aliphatic carbocycles. The highest BCUT2D eigenvalue weighted by molar-refractivity contribution is 5.93. The molecule has 1 aromatic heterocycles. The standard InChI is InChI=1S/C13H13N3O2/c17-10-4-2-9(3-5-10)11-8-12-13(18)14-6-1-7-16(12)15-11/h2-5,8,17H,1,6-7H2,(H,14,18). The van der Waals surface area contributed by atoms with Crippen molar-refractivity contribution in [2.75, 3.05) is 6.54 Å². The van der Waals surface area contributed by atoms with Crippen LogP contribution in [0.4, 0.5) is 0 Å². The maximum absolute atomic E-state index is 11.8. The lowest BCUT2D eigenvalue weighted by Gasteiger charge is -1.99. The molecule has 0 unspecified atom stereocenters. The Morgan fingerprint density at radius 2 is 2.06 bits per heavy atom. The Hall–Kier alpha value is -2.30. The van der Waals surface area contributed by atoms with E-state index >= 15 is 0 Å². The number of hydrogen-bond acceptors (Lipinski definition) is 3. The summed E-state index contributed by atoms with van der Waals surface area (Å²) in [5.41, 5.74) is 2.23. The van der Waals surface area contributed by atoms with Gasteiger partial charge in [-0.05, 0) is 36.8 Å². The Balaban J connectivity index is 2.02. The van der Waals surface area contributed by atoms with Gasteiger partial charge in [-0.25, -0.2) is 0 Å². The predicted octanol–water partition coefficient (Wildman–Crippen LogP) is 1.39. The lowest BCUT2D eigenvalue weighted by Crippen LogP contribution is -2.22. The molecule has 18 heavy (non-hydrogen) atoms. The van der Waals surface area contributed by atoms with Gasteiger partial charge < -0.3 is 10.4 Å². The molecule has 0 radical (unpaired) electrons. The fourth-order valence-corrected chi connectivity index (χ4v) is 2.06. The summed E-state index contributed by atoms with van der Waals surface area (Å²) in [4.78, 5) is 11.8. The lowest BCUT2D eigenvalue weighted by molar-refractivity contribution is 0.0950. The van der Waals surface area contributed by atoms with E-state index in [0.717, 1.165) is 24.2 Å². The molecular weight excluding hydrogens is 230 g/mol. The molecule has 3 rings (SSSR count). The largest absolute Gasteiger partial charge is 0.508 e. The number of nitrogens with zero attached hydrogens (tertiary/aromatic N) is 2. The van der Waals surface area contributed by atoms with Crippen LogP contribution in [0.15, 0.2) is 30.3 Å². The number of rotatable bonds is 1. The summed E-state index contributed by atoms with van der Waals surface area (Å²) < 4.78 is 1.74. The van der Waals surface area contributed by atoms with Crippen molar-refractivity contribution < 1.29 is 9.90 Å². The molecule has 5 nitrogen and oxygen atoms in total. The van der Waals surface area contributed by atoms with E-state index in [2.05, 4.69) is 10.4 Å². The number of carbonyl (C=O) groups is 1. The van der Waals surface area contributed by atoms with Crippen molar-refractivity contribution in [1.29, 1.82) is 0 Å². The molecule has 1 aromatic carbocycles. The number of aromatic hydroxyl groups is 1. The van der Waals surface area contributed by atoms with Gasteiger partial charge in [-0.3, -0.25) is 9.48 Å². The van der Waals surface area contributed by atoms with Gasteiger partial charge in [-0.1, -0.05) is 0 Å². The van der Waals surface area contributed by atoms with Crippen molar-refractivity contribution >= 4 is 5.91 Å². The topological polar surface area (TPSA) is 67.2 Å². The second kappa shape index (κ2) is 4.18. The third-order valence-corrected chi connectivity index (χ3v) is 3.01. The first-order valence-corrected chi connectivity index (χ1v) is 5.89. The fraction of sp³-hybridized carbons (Fsp3) is 0.231. The van der Waals surface area contributed by atoms with Gasteiger partial charge in [-0.2, -0.15) is 5.10 Å². The highest BCUT2D eigenvalue weighted by Crippen LogP contribution is 2.22. The van der Waals surface area contributed by atoms with Crippen LogP contribution in [0.2, 0.25) is 0 Å². The van der Waals surface area contributed by atoms with E-state index in [9.17, 15) is 9.90 Å². The van der Waals surface area contributed by atoms with Gasteiger partial charge in [0.15, 0.2) is 0 Å². The van der Waals surface area contributed by atoms with Crippen LogP contribution in [0.25, 0.3) is 11.3 Å². The molecule has 2 N–H and O–H groups in total. The number of aryl methyl sites for hydroxylation is 1. The number of fused-ring (bicyclic) bond motifs is 1. The van der Waals surface area contributed by atoms with Gasteiger partial charge in [0.1, 0.15) is 11.4 Å². The number of phenols is 1. The van der Waals surface area contributed by atoms with E-state index in [1.807, 2.05) is 0 Å². The zero-order valence-electron chi connectivity index (χ0n) is 9.76. The summed E-state index contributed by atoms with van der Waals surface area (Å²) >= 11 is 0. The van der Waals surface area contributed by atoms with Crippen LogP contribution in [0.1, 0.15) is 16.9 Å². The average Bonchev–Trinajstić information content (AvgIpc) is 2.72. The zero-order chi connectivity index (χ0) is 12.5. The molecule has 92 valence electrons. The van der Waals surface area contributed by atoms with Crippen LogP contribution >= 0.6 is 0 Å². The van der Waals surface area contributed by atoms with E-state index in [4.69, 9.17) is 0 Å². The molecule has 0 fully saturated rings. The van der Waals surface area contributed by atoms with E-state index in [1.54, 1.807) is 35.0 Å². The van der Waals surface area contributed by atoms with E-state index in [0.29, 0.717) is 12.2 Å². The SMILES string of the molecule is O=C1NCCCn2nc(-c3ccc(O)cc3)cc21. The quantitative estimate of drug-likeness (QED) is 0.795. The Kier molecular flexibility index (Phi) is 2.51. The Morgan fingerprint density at radius 3 is 2.83 bits per heavy atom. The molecule has 1 aliphatic heterocycles. The lowest BCUT2D eigenvalue weighted by atomic mass is 10.1. The van der Waals surface area contributed by atoms with Crippen molar-refractivity contribution in [3.63, 3.8) is 0 Å². The summed E-state index contributed by atoms with van der Waals surface area (Å²) in [6.45, 7) is 1.43. The van der Waals surface area contributed by atoms with Crippen molar-refractivity contribution in [3.05, 3.63) is 36.0 Å². The first kappa shape index (κ1) is 10.8. The minimum absolute atomic E-state index is 0.0787. The predicted molar refractivity (Wildman–Crippen MR) is 66.3 cm³/mol. The second-order valence-electron chi connectivity index (χ2n) is 4.29. The molecule has 0 saturated heterocycles. The number of phenolic OH excluding ortho intramolecular Hbond substituents is 1. The zero-order valence-corrected chi connectivity index (χ0v) is 9.76. The summed E-state index contributed by atoms with van der Waals surface area (Å²) in [7, 11) is 0. The highest BCUT2D eigenvalue weighted by Gasteiger charge is 2.18. The third kappa shape index (κ3) is 1.84. The molecule has 0 atom stereocenters. The van der Waals surface area contributed by atoms with E-state index < -0.39 is 0 Å². The number of aromatic nitrogens is 2. The first-order chi connectivity index (χ1) is 8.74. The van der Waals surface area contributed by atoms with Crippen LogP contribution in [-0.4, -0.2) is 27.3 Å². The van der Waals surface area contributed by atoms with Crippen molar-refractivity contribution in [2.24, 2.45) is 0 Å². The molecule has 1 aliphatic rings. The molecule has 0 saturated carbocycles. The Bertz CT molecular complexity index is 587. The fourth-order valence-electron chi connectivity index (χ4n) is 2.06. The van der Waals surface area contributed by atoms with Crippen molar-refractivity contribution in [3.8, 4) is 17.0 Å². The smallest absolute Gasteiger partial charge is 0.269 e. The first-order valence-electron chi connectivity index (χ1n) is 5.89. The molecule has 0 spiro atoms. The van der Waals surface area contributed by atoms with Crippen molar-refractivity contribution in [1.82, 2.24) is 15.1 Å². The van der Waals surface area contributed by atoms with Gasteiger partial charge >= 0.3 is 0 Å². The number of carbonyl (C=O) groups excluding carboxylic acids is 1. The minimum Gasteiger partial charge on any atom is -0.508 e. The maximum Gasteiger partial charge on any atom is 0.269 e. The highest BCUT2D eigenvalue weighted by atomic mass is 16.3. The molecule has 2 heterocycles.